The molecule has 0 saturated heterocycles. The molecule has 1 aliphatic heterocycles. The van der Waals surface area contributed by atoms with Crippen molar-refractivity contribution in [3.63, 3.8) is 0 Å². The molecule has 6 heteroatoms. The summed E-state index contributed by atoms with van der Waals surface area (Å²) in [5.74, 6) is -0.306. The zero-order chi connectivity index (χ0) is 20.1. The van der Waals surface area contributed by atoms with E-state index in [1.165, 1.54) is 12.3 Å². The Morgan fingerprint density at radius 3 is 2.61 bits per heavy atom. The second-order valence-electron chi connectivity index (χ2n) is 7.65. The molecule has 1 aliphatic rings. The standard InChI is InChI=1S/C22H25FN2O3/c1-22(2,3)28-21(26)25-13-10-17(11-14-25)19-20(18(23)9-12-24-19)27-15-16-7-5-4-6-8-16/h4-10,12H,11,13-15H2,1-3H3. The van der Waals surface area contributed by atoms with Gasteiger partial charge in [0.2, 0.25) is 0 Å². The minimum Gasteiger partial charge on any atom is -0.484 e. The number of nitrogens with zero attached hydrogens (tertiary/aromatic N) is 2. The van der Waals surface area contributed by atoms with Crippen LogP contribution in [0.25, 0.3) is 5.57 Å². The van der Waals surface area contributed by atoms with Crippen molar-refractivity contribution in [2.24, 2.45) is 0 Å². The van der Waals surface area contributed by atoms with Crippen molar-refractivity contribution in [1.29, 1.82) is 0 Å². The molecule has 0 unspecified atom stereocenters. The van der Waals surface area contributed by atoms with Crippen LogP contribution >= 0.6 is 0 Å². The Hall–Kier alpha value is -2.89. The van der Waals surface area contributed by atoms with Crippen molar-refractivity contribution in [3.8, 4) is 5.75 Å². The van der Waals surface area contributed by atoms with Crippen LogP contribution in [-0.4, -0.2) is 34.7 Å². The molecule has 2 aromatic rings. The van der Waals surface area contributed by atoms with Gasteiger partial charge in [0.1, 0.15) is 17.9 Å². The van der Waals surface area contributed by atoms with Crippen LogP contribution in [0, 0.1) is 5.82 Å². The average molecular weight is 384 g/mol. The van der Waals surface area contributed by atoms with Gasteiger partial charge in [0.05, 0.1) is 0 Å². The van der Waals surface area contributed by atoms with Gasteiger partial charge in [-0.3, -0.25) is 4.98 Å². The van der Waals surface area contributed by atoms with E-state index >= 15 is 0 Å². The van der Waals surface area contributed by atoms with Crippen LogP contribution in [0.1, 0.15) is 38.4 Å². The Bertz CT molecular complexity index is 860. The maximum atomic E-state index is 14.4. The number of carbonyl (C=O) groups is 1. The van der Waals surface area contributed by atoms with Crippen LogP contribution in [0.2, 0.25) is 0 Å². The molecular formula is C22H25FN2O3. The van der Waals surface area contributed by atoms with Gasteiger partial charge in [0.15, 0.2) is 11.6 Å². The number of ether oxygens (including phenoxy) is 2. The number of rotatable bonds is 4. The predicted molar refractivity (Wildman–Crippen MR) is 105 cm³/mol. The van der Waals surface area contributed by atoms with Crippen molar-refractivity contribution in [2.75, 3.05) is 13.1 Å². The zero-order valence-electron chi connectivity index (χ0n) is 16.4. The highest BCUT2D eigenvalue weighted by Crippen LogP contribution is 2.31. The van der Waals surface area contributed by atoms with Gasteiger partial charge in [-0.15, -0.1) is 0 Å². The van der Waals surface area contributed by atoms with Gasteiger partial charge < -0.3 is 14.4 Å². The molecule has 0 fully saturated rings. The molecule has 1 amide bonds. The summed E-state index contributed by atoms with van der Waals surface area (Å²) in [5, 5.41) is 0. The zero-order valence-corrected chi connectivity index (χ0v) is 16.4. The van der Waals surface area contributed by atoms with Crippen molar-refractivity contribution in [3.05, 3.63) is 65.7 Å². The highest BCUT2D eigenvalue weighted by molar-refractivity contribution is 5.73. The van der Waals surface area contributed by atoms with Gasteiger partial charge in [-0.1, -0.05) is 36.4 Å². The van der Waals surface area contributed by atoms with Gasteiger partial charge in [0, 0.05) is 19.3 Å². The van der Waals surface area contributed by atoms with E-state index in [9.17, 15) is 9.18 Å². The molecule has 28 heavy (non-hydrogen) atoms. The van der Waals surface area contributed by atoms with Crippen LogP contribution in [0.3, 0.4) is 0 Å². The largest absolute Gasteiger partial charge is 0.484 e. The quantitative estimate of drug-likeness (QED) is 0.758. The average Bonchev–Trinajstić information content (AvgIpc) is 2.66. The van der Waals surface area contributed by atoms with Crippen molar-refractivity contribution in [2.45, 2.75) is 39.4 Å². The molecule has 2 heterocycles. The molecule has 0 radical (unpaired) electrons. The fourth-order valence-corrected chi connectivity index (χ4v) is 2.90. The first-order valence-electron chi connectivity index (χ1n) is 9.32. The second-order valence-corrected chi connectivity index (χ2v) is 7.65. The lowest BCUT2D eigenvalue weighted by molar-refractivity contribution is 0.0270. The van der Waals surface area contributed by atoms with E-state index in [0.717, 1.165) is 11.1 Å². The number of amides is 1. The molecule has 0 aliphatic carbocycles. The van der Waals surface area contributed by atoms with Gasteiger partial charge >= 0.3 is 6.09 Å². The molecule has 1 aromatic carbocycles. The first kappa shape index (κ1) is 19.9. The van der Waals surface area contributed by atoms with E-state index in [0.29, 0.717) is 25.2 Å². The number of pyridine rings is 1. The number of hydrogen-bond acceptors (Lipinski definition) is 4. The normalized spacial score (nSPS) is 14.4. The third-order valence-electron chi connectivity index (χ3n) is 4.25. The maximum absolute atomic E-state index is 14.4. The number of halogens is 1. The summed E-state index contributed by atoms with van der Waals surface area (Å²) in [5.41, 5.74) is 1.76. The molecule has 148 valence electrons. The number of hydrogen-bond donors (Lipinski definition) is 0. The molecule has 0 saturated carbocycles. The summed E-state index contributed by atoms with van der Waals surface area (Å²) in [4.78, 5) is 18.2. The predicted octanol–water partition coefficient (Wildman–Crippen LogP) is 4.82. The number of benzene rings is 1. The van der Waals surface area contributed by atoms with Gasteiger partial charge in [-0.25, -0.2) is 9.18 Å². The fraction of sp³-hybridized carbons (Fsp3) is 0.364. The monoisotopic (exact) mass is 384 g/mol. The number of aromatic nitrogens is 1. The Labute approximate surface area is 164 Å². The number of carbonyl (C=O) groups excluding carboxylic acids is 1. The lowest BCUT2D eigenvalue weighted by Gasteiger charge is -2.29. The third kappa shape index (κ3) is 5.09. The van der Waals surface area contributed by atoms with Crippen LogP contribution in [0.15, 0.2) is 48.7 Å². The highest BCUT2D eigenvalue weighted by atomic mass is 19.1. The van der Waals surface area contributed by atoms with Crippen LogP contribution in [-0.2, 0) is 11.3 Å². The lowest BCUT2D eigenvalue weighted by atomic mass is 10.0. The molecule has 0 atom stereocenters. The topological polar surface area (TPSA) is 51.7 Å². The highest BCUT2D eigenvalue weighted by Gasteiger charge is 2.25. The minimum absolute atomic E-state index is 0.142. The Kier molecular flexibility index (Phi) is 5.97. The van der Waals surface area contributed by atoms with Crippen LogP contribution < -0.4 is 4.74 Å². The minimum atomic E-state index is -0.538. The summed E-state index contributed by atoms with van der Waals surface area (Å²) < 4.78 is 25.6. The Morgan fingerprint density at radius 1 is 1.21 bits per heavy atom. The summed E-state index contributed by atoms with van der Waals surface area (Å²) in [6.45, 7) is 6.64. The first-order valence-corrected chi connectivity index (χ1v) is 9.32. The van der Waals surface area contributed by atoms with Crippen molar-refractivity contribution >= 4 is 11.7 Å². The third-order valence-corrected chi connectivity index (χ3v) is 4.25. The van der Waals surface area contributed by atoms with Gasteiger partial charge in [0.25, 0.3) is 0 Å². The molecule has 0 bridgehead atoms. The first-order chi connectivity index (χ1) is 13.3. The van der Waals surface area contributed by atoms with Crippen molar-refractivity contribution < 1.29 is 18.7 Å². The van der Waals surface area contributed by atoms with E-state index in [2.05, 4.69) is 4.98 Å². The van der Waals surface area contributed by atoms with Crippen LogP contribution in [0.5, 0.6) is 5.75 Å². The lowest BCUT2D eigenvalue weighted by Crippen LogP contribution is -2.39. The summed E-state index contributed by atoms with van der Waals surface area (Å²) in [7, 11) is 0. The summed E-state index contributed by atoms with van der Waals surface area (Å²) >= 11 is 0. The molecule has 5 nitrogen and oxygen atoms in total. The van der Waals surface area contributed by atoms with E-state index < -0.39 is 11.4 Å². The summed E-state index contributed by atoms with van der Waals surface area (Å²) in [6.07, 6.45) is 3.51. The second kappa shape index (κ2) is 8.42. The Balaban J connectivity index is 1.73. The van der Waals surface area contributed by atoms with E-state index in [1.807, 2.05) is 57.2 Å². The molecule has 1 aromatic heterocycles. The van der Waals surface area contributed by atoms with E-state index in [-0.39, 0.29) is 18.4 Å². The summed E-state index contributed by atoms with van der Waals surface area (Å²) in [6, 6.07) is 10.9. The SMILES string of the molecule is CC(C)(C)OC(=O)N1CC=C(c2nccc(F)c2OCc2ccccc2)CC1. The Morgan fingerprint density at radius 2 is 1.96 bits per heavy atom. The van der Waals surface area contributed by atoms with E-state index in [1.54, 1.807) is 4.90 Å². The van der Waals surface area contributed by atoms with Gasteiger partial charge in [-0.05, 0) is 44.4 Å². The van der Waals surface area contributed by atoms with Gasteiger partial charge in [-0.2, -0.15) is 0 Å². The van der Waals surface area contributed by atoms with E-state index in [4.69, 9.17) is 9.47 Å². The molecule has 0 spiro atoms. The van der Waals surface area contributed by atoms with Crippen molar-refractivity contribution in [1.82, 2.24) is 9.88 Å². The molecule has 0 N–H and O–H groups in total. The fourth-order valence-electron chi connectivity index (χ4n) is 2.90. The molecular weight excluding hydrogens is 359 g/mol. The van der Waals surface area contributed by atoms with Crippen LogP contribution in [0.4, 0.5) is 9.18 Å². The smallest absolute Gasteiger partial charge is 0.410 e. The molecule has 3 rings (SSSR count). The maximum Gasteiger partial charge on any atom is 0.410 e.